The number of carbonyl (C=O) groups excluding carboxylic acids is 1. The first-order valence-corrected chi connectivity index (χ1v) is 13.5. The molecule has 1 heterocycles. The van der Waals surface area contributed by atoms with E-state index in [2.05, 4.69) is 6.92 Å². The van der Waals surface area contributed by atoms with Gasteiger partial charge in [-0.3, -0.25) is 0 Å². The topological polar surface area (TPSA) is 72.5 Å². The second kappa shape index (κ2) is 13.5. The molecule has 0 bridgehead atoms. The molecule has 2 rings (SSSR count). The molecular weight excluding hydrogens is 438 g/mol. The van der Waals surface area contributed by atoms with Gasteiger partial charge in [-0.15, -0.1) is 0 Å². The highest BCUT2D eigenvalue weighted by atomic mass is 32.2. The number of ether oxygens (including phenoxy) is 1. The summed E-state index contributed by atoms with van der Waals surface area (Å²) in [6, 6.07) is 9.31. The van der Waals surface area contributed by atoms with Crippen molar-refractivity contribution in [2.45, 2.75) is 77.7 Å². The fraction of sp³-hybridized carbons (Fsp3) is 0.600. The Balaban J connectivity index is 2.19. The summed E-state index contributed by atoms with van der Waals surface area (Å²) < 4.78 is 35.4. The third-order valence-corrected chi connectivity index (χ3v) is 7.59. The van der Waals surface area contributed by atoms with Gasteiger partial charge in [0.25, 0.3) is 5.69 Å². The van der Waals surface area contributed by atoms with Crippen molar-refractivity contribution >= 4 is 16.2 Å². The molecule has 0 atom stereocenters. The van der Waals surface area contributed by atoms with Gasteiger partial charge in [-0.05, 0) is 25.0 Å². The van der Waals surface area contributed by atoms with Crippen LogP contribution >= 0.6 is 0 Å². The lowest BCUT2D eigenvalue weighted by Gasteiger charge is -2.11. The van der Waals surface area contributed by atoms with Gasteiger partial charge in [-0.25, -0.2) is 9.36 Å². The maximum atomic E-state index is 13.2. The van der Waals surface area contributed by atoms with Crippen LogP contribution < -0.4 is 4.57 Å². The lowest BCUT2D eigenvalue weighted by atomic mass is 10.1. The maximum absolute atomic E-state index is 13.2. The molecule has 0 unspecified atom stereocenters. The summed E-state index contributed by atoms with van der Waals surface area (Å²) in [5, 5.41) is 0. The Bertz CT molecular complexity index is 969. The Morgan fingerprint density at radius 3 is 2.00 bits per heavy atom. The first kappa shape index (κ1) is 27.1. The number of methoxy groups -OCH3 is 1. The van der Waals surface area contributed by atoms with E-state index in [1.165, 1.54) is 66.2 Å². The maximum Gasteiger partial charge on any atom is 0.383 e. The summed E-state index contributed by atoms with van der Waals surface area (Å²) in [5.41, 5.74) is 0.724. The Labute approximate surface area is 199 Å². The van der Waals surface area contributed by atoms with Crippen LogP contribution in [0.3, 0.4) is 0 Å². The molecule has 0 radical (unpaired) electrons. The van der Waals surface area contributed by atoms with E-state index in [4.69, 9.17) is 4.74 Å². The van der Waals surface area contributed by atoms with E-state index in [1.807, 2.05) is 34.9 Å². The highest BCUT2D eigenvalue weighted by molar-refractivity contribution is 7.87. The van der Waals surface area contributed by atoms with Gasteiger partial charge in [-0.1, -0.05) is 80.5 Å². The van der Waals surface area contributed by atoms with Crippen molar-refractivity contribution in [3.8, 4) is 11.4 Å². The molecule has 0 aliphatic rings. The third-order valence-electron chi connectivity index (χ3n) is 5.83. The van der Waals surface area contributed by atoms with Crippen LogP contribution in [0, 0.1) is 0 Å². The number of aryl methyl sites for hydroxylation is 1. The number of esters is 1. The van der Waals surface area contributed by atoms with Crippen LogP contribution in [0.25, 0.3) is 11.4 Å². The number of hydrogen-bond acceptors (Lipinski definition) is 4. The zero-order valence-corrected chi connectivity index (χ0v) is 21.4. The Hall–Kier alpha value is -2.19. The average Bonchev–Trinajstić information content (AvgIpc) is 3.20. The van der Waals surface area contributed by atoms with E-state index in [0.717, 1.165) is 33.1 Å². The van der Waals surface area contributed by atoms with Crippen LogP contribution in [0.1, 0.15) is 81.6 Å². The second-order valence-electron chi connectivity index (χ2n) is 8.63. The molecule has 0 spiro atoms. The summed E-state index contributed by atoms with van der Waals surface area (Å²) in [6.45, 7) is 2.86. The summed E-state index contributed by atoms with van der Waals surface area (Å²) in [4.78, 5) is 12.5. The minimum Gasteiger partial charge on any atom is -0.463 e. The normalized spacial score (nSPS) is 11.8. The number of hydrogen-bond donors (Lipinski definition) is 0. The fourth-order valence-electron chi connectivity index (χ4n) is 3.94. The van der Waals surface area contributed by atoms with Crippen molar-refractivity contribution in [3.63, 3.8) is 0 Å². The Kier molecular flexibility index (Phi) is 11.1. The lowest BCUT2D eigenvalue weighted by Crippen LogP contribution is -2.37. The quantitative estimate of drug-likeness (QED) is 0.209. The molecule has 1 aromatic carbocycles. The summed E-state index contributed by atoms with van der Waals surface area (Å²) >= 11 is 0. The van der Waals surface area contributed by atoms with E-state index in [0.29, 0.717) is 12.4 Å². The Morgan fingerprint density at radius 2 is 1.48 bits per heavy atom. The van der Waals surface area contributed by atoms with Crippen LogP contribution in [0.5, 0.6) is 0 Å². The molecule has 0 aliphatic carbocycles. The molecule has 0 saturated heterocycles. The van der Waals surface area contributed by atoms with Gasteiger partial charge in [0.1, 0.15) is 6.20 Å². The number of imidazole rings is 1. The molecule has 8 heteroatoms. The highest BCUT2D eigenvalue weighted by Gasteiger charge is 2.38. The number of benzene rings is 1. The summed E-state index contributed by atoms with van der Waals surface area (Å²) in [7, 11) is 0.228. The van der Waals surface area contributed by atoms with Crippen LogP contribution in [-0.4, -0.2) is 43.9 Å². The van der Waals surface area contributed by atoms with Gasteiger partial charge in [0.2, 0.25) is 0 Å². The second-order valence-corrected chi connectivity index (χ2v) is 10.6. The SMILES string of the molecule is CCCCCCCCCCCC[n+]1cc(C(=O)OC)n(S(=O)(=O)N(C)C)c1-c1ccccc1. The number of rotatable bonds is 15. The van der Waals surface area contributed by atoms with Gasteiger partial charge in [-0.2, -0.15) is 12.7 Å². The van der Waals surface area contributed by atoms with E-state index in [1.54, 1.807) is 6.20 Å². The molecule has 0 N–H and O–H groups in total. The molecule has 7 nitrogen and oxygen atoms in total. The first-order valence-electron chi connectivity index (χ1n) is 12.1. The van der Waals surface area contributed by atoms with Crippen LogP contribution in [-0.2, 0) is 21.5 Å². The Morgan fingerprint density at radius 1 is 0.939 bits per heavy atom. The zero-order valence-electron chi connectivity index (χ0n) is 20.6. The van der Waals surface area contributed by atoms with Gasteiger partial charge in [0.15, 0.2) is 0 Å². The minimum atomic E-state index is -3.94. The molecule has 0 aliphatic heterocycles. The van der Waals surface area contributed by atoms with Crippen molar-refractivity contribution in [1.29, 1.82) is 0 Å². The predicted molar refractivity (Wildman–Crippen MR) is 131 cm³/mol. The number of carbonyl (C=O) groups is 1. The van der Waals surface area contributed by atoms with Crippen LogP contribution in [0.4, 0.5) is 0 Å². The smallest absolute Gasteiger partial charge is 0.383 e. The standard InChI is InChI=1S/C25H40N3O4S/c1-5-6-7-8-9-10-11-12-13-17-20-27-21-23(25(29)32-4)28(33(30,31)26(2)3)24(27)22-18-15-14-16-19-22/h14-16,18-19,21H,5-13,17,20H2,1-4H3/q+1. The predicted octanol–water partition coefficient (Wildman–Crippen LogP) is 4.80. The molecule has 33 heavy (non-hydrogen) atoms. The molecule has 0 amide bonds. The lowest BCUT2D eigenvalue weighted by molar-refractivity contribution is -0.685. The van der Waals surface area contributed by atoms with E-state index in [-0.39, 0.29) is 5.69 Å². The van der Waals surface area contributed by atoms with Crippen molar-refractivity contribution in [2.24, 2.45) is 0 Å². The zero-order chi connectivity index (χ0) is 24.3. The van der Waals surface area contributed by atoms with E-state index >= 15 is 0 Å². The van der Waals surface area contributed by atoms with Gasteiger partial charge < -0.3 is 4.74 Å². The van der Waals surface area contributed by atoms with Crippen molar-refractivity contribution < 1.29 is 22.5 Å². The molecule has 0 fully saturated rings. The van der Waals surface area contributed by atoms with Crippen molar-refractivity contribution in [2.75, 3.05) is 21.2 Å². The average molecular weight is 479 g/mol. The molecule has 0 saturated carbocycles. The fourth-order valence-corrected chi connectivity index (χ4v) is 5.06. The van der Waals surface area contributed by atoms with Crippen molar-refractivity contribution in [1.82, 2.24) is 8.28 Å². The summed E-state index contributed by atoms with van der Waals surface area (Å²) in [6.07, 6.45) is 13.8. The van der Waals surface area contributed by atoms with E-state index in [9.17, 15) is 13.2 Å². The number of aromatic nitrogens is 2. The van der Waals surface area contributed by atoms with E-state index < -0.39 is 16.2 Å². The third kappa shape index (κ3) is 7.40. The summed E-state index contributed by atoms with van der Waals surface area (Å²) in [5.74, 6) is -0.222. The van der Waals surface area contributed by atoms with Gasteiger partial charge >= 0.3 is 22.0 Å². The van der Waals surface area contributed by atoms with Crippen molar-refractivity contribution in [3.05, 3.63) is 42.2 Å². The largest absolute Gasteiger partial charge is 0.463 e. The monoisotopic (exact) mass is 478 g/mol. The highest BCUT2D eigenvalue weighted by Crippen LogP contribution is 2.22. The number of nitrogens with zero attached hydrogens (tertiary/aromatic N) is 3. The molecule has 2 aromatic rings. The van der Waals surface area contributed by atoms with Crippen LogP contribution in [0.2, 0.25) is 0 Å². The molecule has 184 valence electrons. The molecule has 1 aromatic heterocycles. The molecular formula is C25H40N3O4S+. The van der Waals surface area contributed by atoms with Crippen LogP contribution in [0.15, 0.2) is 36.5 Å². The van der Waals surface area contributed by atoms with Gasteiger partial charge in [0, 0.05) is 14.1 Å². The number of unbranched alkanes of at least 4 members (excludes halogenated alkanes) is 9. The van der Waals surface area contributed by atoms with Gasteiger partial charge in [0.05, 0.1) is 19.2 Å². The minimum absolute atomic E-state index is 0.00266. The first-order chi connectivity index (χ1) is 15.8.